The quantitative estimate of drug-likeness (QED) is 0.731. The molecule has 0 saturated heterocycles. The molecule has 3 amide bonds. The molecule has 7 nitrogen and oxygen atoms in total. The van der Waals surface area contributed by atoms with Crippen LogP contribution >= 0.6 is 22.7 Å². The van der Waals surface area contributed by atoms with Crippen molar-refractivity contribution in [3.63, 3.8) is 0 Å². The second-order valence-electron chi connectivity index (χ2n) is 5.33. The molecule has 0 atom stereocenters. The lowest BCUT2D eigenvalue weighted by molar-refractivity contribution is -0.120. The van der Waals surface area contributed by atoms with Gasteiger partial charge in [-0.25, -0.2) is 9.78 Å². The Morgan fingerprint density at radius 1 is 1.32 bits per heavy atom. The van der Waals surface area contributed by atoms with Crippen molar-refractivity contribution in [1.29, 1.82) is 0 Å². The summed E-state index contributed by atoms with van der Waals surface area (Å²) in [5.74, 6) is -0.571. The molecule has 3 aromatic rings. The number of hydrogen-bond donors (Lipinski definition) is 2. The van der Waals surface area contributed by atoms with Crippen LogP contribution in [0.1, 0.15) is 11.8 Å². The monoisotopic (exact) mass is 376 g/mol. The average Bonchev–Trinajstić information content (AvgIpc) is 3.16. The molecule has 0 radical (unpaired) electrons. The summed E-state index contributed by atoms with van der Waals surface area (Å²) in [4.78, 5) is 43.2. The van der Waals surface area contributed by atoms with E-state index >= 15 is 0 Å². The van der Waals surface area contributed by atoms with Crippen LogP contribution in [0.4, 0.5) is 4.79 Å². The van der Waals surface area contributed by atoms with Crippen LogP contribution in [0.3, 0.4) is 0 Å². The second kappa shape index (κ2) is 7.16. The van der Waals surface area contributed by atoms with Gasteiger partial charge in [0.05, 0.1) is 11.7 Å². The maximum atomic E-state index is 12.8. The zero-order valence-electron chi connectivity index (χ0n) is 13.7. The SMILES string of the molecule is CCNC(=O)NC(=O)Cn1cnc2scc(-c3ccc(C)s3)c2c1=O. The highest BCUT2D eigenvalue weighted by Crippen LogP contribution is 2.34. The highest BCUT2D eigenvalue weighted by molar-refractivity contribution is 7.19. The average molecular weight is 376 g/mol. The first-order valence-corrected chi connectivity index (χ1v) is 9.30. The van der Waals surface area contributed by atoms with Crippen molar-refractivity contribution < 1.29 is 9.59 Å². The van der Waals surface area contributed by atoms with Gasteiger partial charge in [-0.15, -0.1) is 22.7 Å². The zero-order valence-corrected chi connectivity index (χ0v) is 15.3. The first-order valence-electron chi connectivity index (χ1n) is 7.60. The molecule has 3 aromatic heterocycles. The van der Waals surface area contributed by atoms with Crippen molar-refractivity contribution in [3.8, 4) is 10.4 Å². The van der Waals surface area contributed by atoms with Crippen LogP contribution in [0.2, 0.25) is 0 Å². The maximum Gasteiger partial charge on any atom is 0.321 e. The minimum absolute atomic E-state index is 0.266. The van der Waals surface area contributed by atoms with E-state index in [2.05, 4.69) is 15.6 Å². The van der Waals surface area contributed by atoms with Gasteiger partial charge in [-0.05, 0) is 26.0 Å². The molecule has 0 aliphatic rings. The van der Waals surface area contributed by atoms with Gasteiger partial charge < -0.3 is 5.32 Å². The van der Waals surface area contributed by atoms with Crippen LogP contribution < -0.4 is 16.2 Å². The van der Waals surface area contributed by atoms with Gasteiger partial charge in [-0.1, -0.05) is 0 Å². The third-order valence-corrected chi connectivity index (χ3v) is 5.39. The Hall–Kier alpha value is -2.52. The van der Waals surface area contributed by atoms with E-state index < -0.39 is 11.9 Å². The number of hydrogen-bond acceptors (Lipinski definition) is 6. The highest BCUT2D eigenvalue weighted by atomic mass is 32.1. The van der Waals surface area contributed by atoms with Crippen molar-refractivity contribution in [2.45, 2.75) is 20.4 Å². The molecule has 2 N–H and O–H groups in total. The second-order valence-corrected chi connectivity index (χ2v) is 7.47. The highest BCUT2D eigenvalue weighted by Gasteiger charge is 2.16. The van der Waals surface area contributed by atoms with Crippen LogP contribution in [-0.4, -0.2) is 28.0 Å². The molecule has 0 spiro atoms. The first kappa shape index (κ1) is 17.3. The molecule has 0 aromatic carbocycles. The van der Waals surface area contributed by atoms with Gasteiger partial charge in [0.2, 0.25) is 5.91 Å². The third-order valence-electron chi connectivity index (χ3n) is 3.47. The zero-order chi connectivity index (χ0) is 18.0. The number of imide groups is 1. The fourth-order valence-electron chi connectivity index (χ4n) is 2.37. The molecule has 0 aliphatic carbocycles. The molecule has 3 heterocycles. The van der Waals surface area contributed by atoms with Crippen LogP contribution in [-0.2, 0) is 11.3 Å². The number of rotatable bonds is 4. The number of amides is 3. The number of carbonyl (C=O) groups is 2. The Labute approximate surface area is 151 Å². The van der Waals surface area contributed by atoms with Gasteiger partial charge in [0, 0.05) is 27.2 Å². The Kier molecular flexibility index (Phi) is 4.95. The van der Waals surface area contributed by atoms with Crippen molar-refractivity contribution in [2.24, 2.45) is 0 Å². The maximum absolute atomic E-state index is 12.8. The molecule has 0 fully saturated rings. The Morgan fingerprint density at radius 2 is 2.12 bits per heavy atom. The van der Waals surface area contributed by atoms with Crippen molar-refractivity contribution in [2.75, 3.05) is 6.54 Å². The lowest BCUT2D eigenvalue weighted by atomic mass is 10.2. The van der Waals surface area contributed by atoms with E-state index in [1.54, 1.807) is 18.3 Å². The summed E-state index contributed by atoms with van der Waals surface area (Å²) in [7, 11) is 0. The van der Waals surface area contributed by atoms with Gasteiger partial charge in [0.1, 0.15) is 11.4 Å². The summed E-state index contributed by atoms with van der Waals surface area (Å²) in [6.45, 7) is 3.89. The van der Waals surface area contributed by atoms with Crippen molar-refractivity contribution in [3.05, 3.63) is 39.1 Å². The molecular weight excluding hydrogens is 360 g/mol. The summed E-state index contributed by atoms with van der Waals surface area (Å²) in [5.41, 5.74) is 0.535. The minimum Gasteiger partial charge on any atom is -0.338 e. The van der Waals surface area contributed by atoms with E-state index in [1.807, 2.05) is 24.4 Å². The predicted molar refractivity (Wildman–Crippen MR) is 99.1 cm³/mol. The van der Waals surface area contributed by atoms with Gasteiger partial charge >= 0.3 is 6.03 Å². The van der Waals surface area contributed by atoms with Crippen LogP contribution in [0.5, 0.6) is 0 Å². The summed E-state index contributed by atoms with van der Waals surface area (Å²) in [5, 5.41) is 7.05. The largest absolute Gasteiger partial charge is 0.338 e. The Bertz CT molecular complexity index is 1000. The Balaban J connectivity index is 1.93. The number of nitrogens with one attached hydrogen (secondary N) is 2. The molecular formula is C16H16N4O3S2. The number of urea groups is 1. The van der Waals surface area contributed by atoms with E-state index in [0.717, 1.165) is 15.3 Å². The first-order chi connectivity index (χ1) is 12.0. The van der Waals surface area contributed by atoms with Crippen LogP contribution in [0, 0.1) is 6.92 Å². The van der Waals surface area contributed by atoms with Gasteiger partial charge in [-0.3, -0.25) is 19.5 Å². The third kappa shape index (κ3) is 3.62. The molecule has 0 aliphatic heterocycles. The van der Waals surface area contributed by atoms with Gasteiger partial charge in [-0.2, -0.15) is 0 Å². The van der Waals surface area contributed by atoms with E-state index in [0.29, 0.717) is 16.8 Å². The van der Waals surface area contributed by atoms with E-state index in [-0.39, 0.29) is 12.1 Å². The standard InChI is InChI=1S/C16H16N4O3S2/c1-3-17-16(23)19-12(21)6-20-8-18-14-13(15(20)22)10(7-24-14)11-5-4-9(2)25-11/h4-5,7-8H,3,6H2,1-2H3,(H2,17,19,21,23). The lowest BCUT2D eigenvalue weighted by Crippen LogP contribution is -2.42. The number of aromatic nitrogens is 2. The number of carbonyl (C=O) groups excluding carboxylic acids is 2. The van der Waals surface area contributed by atoms with Crippen molar-refractivity contribution >= 4 is 44.8 Å². The molecule has 0 unspecified atom stereocenters. The topological polar surface area (TPSA) is 93.1 Å². The summed E-state index contributed by atoms with van der Waals surface area (Å²) < 4.78 is 1.22. The molecule has 3 rings (SSSR count). The smallest absolute Gasteiger partial charge is 0.321 e. The molecule has 130 valence electrons. The molecule has 9 heteroatoms. The summed E-state index contributed by atoms with van der Waals surface area (Å²) >= 11 is 3.00. The summed E-state index contributed by atoms with van der Waals surface area (Å²) in [6, 6.07) is 3.39. The normalized spacial score (nSPS) is 10.8. The van der Waals surface area contributed by atoms with Crippen molar-refractivity contribution in [1.82, 2.24) is 20.2 Å². The molecule has 0 saturated carbocycles. The van der Waals surface area contributed by atoms with E-state index in [9.17, 15) is 14.4 Å². The van der Waals surface area contributed by atoms with E-state index in [4.69, 9.17) is 0 Å². The minimum atomic E-state index is -0.583. The van der Waals surface area contributed by atoms with E-state index in [1.165, 1.54) is 22.2 Å². The van der Waals surface area contributed by atoms with Gasteiger partial charge in [0.15, 0.2) is 0 Å². The number of aryl methyl sites for hydroxylation is 1. The van der Waals surface area contributed by atoms with Crippen LogP contribution in [0.15, 0.2) is 28.6 Å². The van der Waals surface area contributed by atoms with Gasteiger partial charge in [0.25, 0.3) is 5.56 Å². The lowest BCUT2D eigenvalue weighted by Gasteiger charge is -2.07. The number of fused-ring (bicyclic) bond motifs is 1. The number of nitrogens with zero attached hydrogens (tertiary/aromatic N) is 2. The fourth-order valence-corrected chi connectivity index (χ4v) is 4.23. The molecule has 25 heavy (non-hydrogen) atoms. The molecule has 0 bridgehead atoms. The fraction of sp³-hybridized carbons (Fsp3) is 0.250. The van der Waals surface area contributed by atoms with Crippen LogP contribution in [0.25, 0.3) is 20.7 Å². The summed E-state index contributed by atoms with van der Waals surface area (Å²) in [6.07, 6.45) is 1.34. The predicted octanol–water partition coefficient (Wildman–Crippen LogP) is 2.34. The number of thiophene rings is 2. The Morgan fingerprint density at radius 3 is 2.80 bits per heavy atom.